The van der Waals surface area contributed by atoms with Crippen LogP contribution in [0.1, 0.15) is 38.7 Å². The van der Waals surface area contributed by atoms with E-state index in [0.717, 1.165) is 32.0 Å². The van der Waals surface area contributed by atoms with Gasteiger partial charge in [0.1, 0.15) is 5.75 Å². The van der Waals surface area contributed by atoms with Crippen molar-refractivity contribution in [3.63, 3.8) is 0 Å². The first-order valence-electron chi connectivity index (χ1n) is 7.76. The summed E-state index contributed by atoms with van der Waals surface area (Å²) in [5.74, 6) is 1.60. The number of nitrogens with one attached hydrogen (secondary N) is 1. The third kappa shape index (κ3) is 2.84. The minimum atomic E-state index is 0.198. The predicted molar refractivity (Wildman–Crippen MR) is 82.4 cm³/mol. The number of ether oxygens (including phenoxy) is 1. The minimum absolute atomic E-state index is 0.198. The van der Waals surface area contributed by atoms with Crippen LogP contribution < -0.4 is 10.1 Å². The number of hydrogen-bond donors (Lipinski definition) is 1. The van der Waals surface area contributed by atoms with Gasteiger partial charge in [0.25, 0.3) is 0 Å². The summed E-state index contributed by atoms with van der Waals surface area (Å²) in [7, 11) is 0. The van der Waals surface area contributed by atoms with Gasteiger partial charge in [-0.25, -0.2) is 0 Å². The molecule has 20 heavy (non-hydrogen) atoms. The monoisotopic (exact) mass is 274 g/mol. The molecule has 0 aliphatic carbocycles. The molecule has 0 radical (unpaired) electrons. The third-order valence-electron chi connectivity index (χ3n) is 4.64. The lowest BCUT2D eigenvalue weighted by Gasteiger charge is -2.34. The van der Waals surface area contributed by atoms with Gasteiger partial charge in [0.05, 0.1) is 6.61 Å². The van der Waals surface area contributed by atoms with Gasteiger partial charge in [0.2, 0.25) is 0 Å². The SMILES string of the molecule is CC1CCNC(C)(C)CN1CC1COc2ccccc21. The lowest BCUT2D eigenvalue weighted by Crippen LogP contribution is -2.48. The van der Waals surface area contributed by atoms with E-state index in [0.29, 0.717) is 12.0 Å². The summed E-state index contributed by atoms with van der Waals surface area (Å²) in [5, 5.41) is 3.65. The van der Waals surface area contributed by atoms with Crippen LogP contribution in [-0.4, -0.2) is 42.7 Å². The molecule has 1 aromatic rings. The second kappa shape index (κ2) is 5.38. The Morgan fingerprint density at radius 1 is 1.35 bits per heavy atom. The van der Waals surface area contributed by atoms with Crippen LogP contribution in [0.2, 0.25) is 0 Å². The number of benzene rings is 1. The molecule has 1 aromatic carbocycles. The molecule has 3 nitrogen and oxygen atoms in total. The van der Waals surface area contributed by atoms with Gasteiger partial charge >= 0.3 is 0 Å². The van der Waals surface area contributed by atoms with Gasteiger partial charge in [0, 0.05) is 36.2 Å². The number of rotatable bonds is 2. The Labute approximate surface area is 122 Å². The zero-order valence-corrected chi connectivity index (χ0v) is 12.9. The van der Waals surface area contributed by atoms with Crippen molar-refractivity contribution in [2.24, 2.45) is 0 Å². The summed E-state index contributed by atoms with van der Waals surface area (Å²) < 4.78 is 5.83. The molecule has 1 N–H and O–H groups in total. The van der Waals surface area contributed by atoms with Gasteiger partial charge in [-0.15, -0.1) is 0 Å². The summed E-state index contributed by atoms with van der Waals surface area (Å²) in [5.41, 5.74) is 1.58. The lowest BCUT2D eigenvalue weighted by molar-refractivity contribution is 0.162. The topological polar surface area (TPSA) is 24.5 Å². The molecule has 110 valence electrons. The number of para-hydroxylation sites is 1. The first-order valence-corrected chi connectivity index (χ1v) is 7.76. The standard InChI is InChI=1S/C17H26N2O/c1-13-8-9-18-17(2,3)12-19(13)10-14-11-20-16-7-5-4-6-15(14)16/h4-7,13-14,18H,8-12H2,1-3H3. The van der Waals surface area contributed by atoms with Crippen LogP contribution in [0.15, 0.2) is 24.3 Å². The maximum Gasteiger partial charge on any atom is 0.122 e. The summed E-state index contributed by atoms with van der Waals surface area (Å²) >= 11 is 0. The molecule has 3 rings (SSSR count). The Kier molecular flexibility index (Phi) is 3.74. The van der Waals surface area contributed by atoms with Gasteiger partial charge in [-0.1, -0.05) is 18.2 Å². The van der Waals surface area contributed by atoms with Gasteiger partial charge in [0.15, 0.2) is 0 Å². The Bertz CT molecular complexity index is 472. The van der Waals surface area contributed by atoms with Crippen molar-refractivity contribution in [2.45, 2.75) is 44.7 Å². The van der Waals surface area contributed by atoms with E-state index in [1.807, 2.05) is 0 Å². The van der Waals surface area contributed by atoms with Crippen LogP contribution in [0.4, 0.5) is 0 Å². The Morgan fingerprint density at radius 3 is 3.00 bits per heavy atom. The van der Waals surface area contributed by atoms with Gasteiger partial charge < -0.3 is 10.1 Å². The molecule has 0 aromatic heterocycles. The summed E-state index contributed by atoms with van der Waals surface area (Å²) in [4.78, 5) is 2.64. The van der Waals surface area contributed by atoms with E-state index in [9.17, 15) is 0 Å². The predicted octanol–water partition coefficient (Wildman–Crippen LogP) is 2.63. The quantitative estimate of drug-likeness (QED) is 0.897. The number of nitrogens with zero attached hydrogens (tertiary/aromatic N) is 1. The average Bonchev–Trinajstić information content (AvgIpc) is 2.75. The van der Waals surface area contributed by atoms with Crippen LogP contribution in [0, 0.1) is 0 Å². The summed E-state index contributed by atoms with van der Waals surface area (Å²) in [6.45, 7) is 11.1. The fraction of sp³-hybridized carbons (Fsp3) is 0.647. The van der Waals surface area contributed by atoms with Crippen molar-refractivity contribution in [1.82, 2.24) is 10.2 Å². The van der Waals surface area contributed by atoms with E-state index < -0.39 is 0 Å². The van der Waals surface area contributed by atoms with Crippen molar-refractivity contribution in [3.05, 3.63) is 29.8 Å². The largest absolute Gasteiger partial charge is 0.493 e. The van der Waals surface area contributed by atoms with Gasteiger partial charge in [-0.2, -0.15) is 0 Å². The molecule has 2 unspecified atom stereocenters. The van der Waals surface area contributed by atoms with Gasteiger partial charge in [-0.3, -0.25) is 4.90 Å². The average molecular weight is 274 g/mol. The highest BCUT2D eigenvalue weighted by Gasteiger charge is 2.32. The maximum absolute atomic E-state index is 5.83. The van der Waals surface area contributed by atoms with E-state index in [1.54, 1.807) is 0 Å². The van der Waals surface area contributed by atoms with Crippen molar-refractivity contribution in [2.75, 3.05) is 26.2 Å². The second-order valence-electron chi connectivity index (χ2n) is 6.92. The zero-order chi connectivity index (χ0) is 14.2. The summed E-state index contributed by atoms with van der Waals surface area (Å²) in [6.07, 6.45) is 1.22. The highest BCUT2D eigenvalue weighted by atomic mass is 16.5. The molecule has 1 fully saturated rings. The lowest BCUT2D eigenvalue weighted by atomic mass is 9.98. The number of hydrogen-bond acceptors (Lipinski definition) is 3. The Morgan fingerprint density at radius 2 is 2.15 bits per heavy atom. The Hall–Kier alpha value is -1.06. The third-order valence-corrected chi connectivity index (χ3v) is 4.64. The van der Waals surface area contributed by atoms with Crippen LogP contribution in [0.5, 0.6) is 5.75 Å². The number of fused-ring (bicyclic) bond motifs is 1. The van der Waals surface area contributed by atoms with Crippen molar-refractivity contribution in [3.8, 4) is 5.75 Å². The van der Waals surface area contributed by atoms with Crippen molar-refractivity contribution < 1.29 is 4.74 Å². The van der Waals surface area contributed by atoms with Crippen LogP contribution >= 0.6 is 0 Å². The van der Waals surface area contributed by atoms with E-state index in [4.69, 9.17) is 4.74 Å². The van der Waals surface area contributed by atoms with E-state index in [2.05, 4.69) is 55.3 Å². The molecule has 2 heterocycles. The van der Waals surface area contributed by atoms with E-state index >= 15 is 0 Å². The molecule has 0 amide bonds. The molecule has 0 saturated carbocycles. The highest BCUT2D eigenvalue weighted by molar-refractivity contribution is 5.39. The summed E-state index contributed by atoms with van der Waals surface area (Å²) in [6, 6.07) is 9.13. The first-order chi connectivity index (χ1) is 9.55. The zero-order valence-electron chi connectivity index (χ0n) is 12.9. The smallest absolute Gasteiger partial charge is 0.122 e. The molecule has 3 heteroatoms. The van der Waals surface area contributed by atoms with Crippen molar-refractivity contribution in [1.29, 1.82) is 0 Å². The van der Waals surface area contributed by atoms with Gasteiger partial charge in [-0.05, 0) is 39.8 Å². The van der Waals surface area contributed by atoms with E-state index in [-0.39, 0.29) is 5.54 Å². The van der Waals surface area contributed by atoms with Crippen LogP contribution in [0.25, 0.3) is 0 Å². The van der Waals surface area contributed by atoms with Crippen molar-refractivity contribution >= 4 is 0 Å². The minimum Gasteiger partial charge on any atom is -0.493 e. The fourth-order valence-corrected chi connectivity index (χ4v) is 3.43. The fourth-order valence-electron chi connectivity index (χ4n) is 3.43. The molecule has 0 spiro atoms. The normalized spacial score (nSPS) is 29.6. The maximum atomic E-state index is 5.83. The molecule has 2 atom stereocenters. The molecule has 2 aliphatic rings. The highest BCUT2D eigenvalue weighted by Crippen LogP contribution is 2.34. The molecule has 2 aliphatic heterocycles. The molecule has 0 bridgehead atoms. The molecular weight excluding hydrogens is 248 g/mol. The van der Waals surface area contributed by atoms with E-state index in [1.165, 1.54) is 12.0 Å². The van der Waals surface area contributed by atoms with Crippen LogP contribution in [-0.2, 0) is 0 Å². The van der Waals surface area contributed by atoms with Crippen LogP contribution in [0.3, 0.4) is 0 Å². The first kappa shape index (κ1) is 13.9. The molecule has 1 saturated heterocycles. The molecular formula is C17H26N2O. The Balaban J connectivity index is 1.74. The second-order valence-corrected chi connectivity index (χ2v) is 6.92.